The Kier molecular flexibility index (Phi) is 3.00. The van der Waals surface area contributed by atoms with E-state index in [-0.39, 0.29) is 0 Å². The van der Waals surface area contributed by atoms with E-state index in [2.05, 4.69) is 99.8 Å². The Morgan fingerprint density at radius 2 is 1.50 bits per heavy atom. The predicted octanol–water partition coefficient (Wildman–Crippen LogP) is 6.90. The van der Waals surface area contributed by atoms with E-state index in [1.165, 1.54) is 43.7 Å². The number of H-pyrrole nitrogens is 1. The third-order valence-electron chi connectivity index (χ3n) is 4.66. The van der Waals surface area contributed by atoms with Gasteiger partial charge in [-0.25, -0.2) is 0 Å². The molecule has 114 valence electrons. The minimum Gasteiger partial charge on any atom is -0.354 e. The molecule has 0 aliphatic carbocycles. The zero-order chi connectivity index (χ0) is 16.1. The van der Waals surface area contributed by atoms with Crippen molar-refractivity contribution >= 4 is 48.5 Å². The van der Waals surface area contributed by atoms with Crippen LogP contribution in [-0.4, -0.2) is 4.98 Å². The van der Waals surface area contributed by atoms with Crippen LogP contribution in [-0.2, 0) is 0 Å². The van der Waals surface area contributed by atoms with Crippen LogP contribution in [0, 0.1) is 0 Å². The summed E-state index contributed by atoms with van der Waals surface area (Å²) in [7, 11) is 0. The van der Waals surface area contributed by atoms with Gasteiger partial charge in [0.15, 0.2) is 0 Å². The molecule has 1 aromatic heterocycles. The molecule has 1 N–H and O–H groups in total. The first-order valence-corrected chi connectivity index (χ1v) is 8.79. The predicted molar refractivity (Wildman–Crippen MR) is 106 cm³/mol. The molecule has 0 spiro atoms. The van der Waals surface area contributed by atoms with E-state index >= 15 is 0 Å². The summed E-state index contributed by atoms with van der Waals surface area (Å²) in [5, 5.41) is 5.08. The van der Waals surface area contributed by atoms with Crippen molar-refractivity contribution in [2.45, 2.75) is 0 Å². The van der Waals surface area contributed by atoms with E-state index in [9.17, 15) is 0 Å². The van der Waals surface area contributed by atoms with Crippen LogP contribution in [0.5, 0.6) is 0 Å². The molecule has 0 fully saturated rings. The molecular formula is C22H14BrN. The average Bonchev–Trinajstić information content (AvgIpc) is 3.00. The van der Waals surface area contributed by atoms with Crippen LogP contribution in [0.25, 0.3) is 43.7 Å². The van der Waals surface area contributed by atoms with E-state index in [1.54, 1.807) is 0 Å². The van der Waals surface area contributed by atoms with Gasteiger partial charge in [-0.1, -0.05) is 76.6 Å². The highest BCUT2D eigenvalue weighted by molar-refractivity contribution is 9.10. The zero-order valence-electron chi connectivity index (χ0n) is 12.9. The SMILES string of the molecule is Brc1cccc2ccc3[nH]c4cc(-c5ccccc5)ccc4c3c12. The Morgan fingerprint density at radius 3 is 2.38 bits per heavy atom. The maximum Gasteiger partial charge on any atom is 0.0471 e. The maximum atomic E-state index is 3.73. The molecule has 5 rings (SSSR count). The summed E-state index contributed by atoms with van der Waals surface area (Å²) in [5.74, 6) is 0. The minimum absolute atomic E-state index is 1.14. The van der Waals surface area contributed by atoms with Crippen molar-refractivity contribution in [3.8, 4) is 11.1 Å². The third-order valence-corrected chi connectivity index (χ3v) is 5.32. The molecule has 0 bridgehead atoms. The van der Waals surface area contributed by atoms with Crippen molar-refractivity contribution in [2.75, 3.05) is 0 Å². The van der Waals surface area contributed by atoms with Crippen molar-refractivity contribution in [3.05, 3.63) is 83.3 Å². The van der Waals surface area contributed by atoms with Crippen LogP contribution in [0.3, 0.4) is 0 Å². The molecule has 1 nitrogen and oxygen atoms in total. The van der Waals surface area contributed by atoms with Gasteiger partial charge >= 0.3 is 0 Å². The van der Waals surface area contributed by atoms with Crippen LogP contribution in [0.4, 0.5) is 0 Å². The summed E-state index contributed by atoms with van der Waals surface area (Å²) in [6.07, 6.45) is 0. The van der Waals surface area contributed by atoms with E-state index in [0.29, 0.717) is 0 Å². The highest BCUT2D eigenvalue weighted by Gasteiger charge is 2.11. The van der Waals surface area contributed by atoms with Crippen LogP contribution in [0.15, 0.2) is 83.3 Å². The van der Waals surface area contributed by atoms with Crippen LogP contribution >= 0.6 is 15.9 Å². The average molecular weight is 372 g/mol. The number of hydrogen-bond acceptors (Lipinski definition) is 0. The molecule has 0 amide bonds. The fourth-order valence-electron chi connectivity index (χ4n) is 3.54. The number of aromatic amines is 1. The second-order valence-electron chi connectivity index (χ2n) is 6.08. The summed E-state index contributed by atoms with van der Waals surface area (Å²) in [4.78, 5) is 3.59. The first-order valence-electron chi connectivity index (χ1n) is 7.99. The zero-order valence-corrected chi connectivity index (χ0v) is 14.5. The van der Waals surface area contributed by atoms with E-state index < -0.39 is 0 Å². The van der Waals surface area contributed by atoms with Gasteiger partial charge in [0.25, 0.3) is 0 Å². The summed E-state index contributed by atoms with van der Waals surface area (Å²) in [6, 6.07) is 27.9. The minimum atomic E-state index is 1.14. The molecule has 4 aromatic carbocycles. The lowest BCUT2D eigenvalue weighted by atomic mass is 10.0. The number of hydrogen-bond donors (Lipinski definition) is 1. The van der Waals surface area contributed by atoms with Crippen LogP contribution in [0.2, 0.25) is 0 Å². The first-order chi connectivity index (χ1) is 11.8. The smallest absolute Gasteiger partial charge is 0.0471 e. The second kappa shape index (κ2) is 5.22. The van der Waals surface area contributed by atoms with Crippen molar-refractivity contribution in [1.29, 1.82) is 0 Å². The Labute approximate surface area is 148 Å². The largest absolute Gasteiger partial charge is 0.354 e. The third kappa shape index (κ3) is 2.00. The van der Waals surface area contributed by atoms with E-state index in [0.717, 1.165) is 4.47 Å². The Bertz CT molecular complexity index is 1200. The van der Waals surface area contributed by atoms with Gasteiger partial charge in [0, 0.05) is 31.7 Å². The maximum absolute atomic E-state index is 3.73. The highest BCUT2D eigenvalue weighted by Crippen LogP contribution is 2.37. The van der Waals surface area contributed by atoms with Gasteiger partial charge in [-0.15, -0.1) is 0 Å². The molecule has 1 heterocycles. The summed E-state index contributed by atoms with van der Waals surface area (Å²) in [5.41, 5.74) is 4.83. The Balaban J connectivity index is 1.87. The van der Waals surface area contributed by atoms with Crippen LogP contribution < -0.4 is 0 Å². The number of aromatic nitrogens is 1. The first kappa shape index (κ1) is 13.8. The monoisotopic (exact) mass is 371 g/mol. The second-order valence-corrected chi connectivity index (χ2v) is 6.93. The standard InChI is InChI=1S/C22H14BrN/c23-18-8-4-7-15-10-12-19-22(21(15)18)17-11-9-16(13-20(17)24-19)14-5-2-1-3-6-14/h1-13,24H. The van der Waals surface area contributed by atoms with Crippen molar-refractivity contribution in [3.63, 3.8) is 0 Å². The fourth-order valence-corrected chi connectivity index (χ4v) is 4.12. The summed E-state index contributed by atoms with van der Waals surface area (Å²) in [6.45, 7) is 0. The van der Waals surface area contributed by atoms with Gasteiger partial charge in [-0.2, -0.15) is 0 Å². The Hall–Kier alpha value is -2.58. The quantitative estimate of drug-likeness (QED) is 0.329. The molecule has 0 atom stereocenters. The number of halogens is 1. The molecule has 0 saturated heterocycles. The Morgan fingerprint density at radius 1 is 0.625 bits per heavy atom. The van der Waals surface area contributed by atoms with Gasteiger partial charge in [0.1, 0.15) is 0 Å². The van der Waals surface area contributed by atoms with Gasteiger partial charge in [0.05, 0.1) is 0 Å². The van der Waals surface area contributed by atoms with Crippen LogP contribution in [0.1, 0.15) is 0 Å². The van der Waals surface area contributed by atoms with Crippen molar-refractivity contribution < 1.29 is 0 Å². The molecule has 0 saturated carbocycles. The van der Waals surface area contributed by atoms with E-state index in [1.807, 2.05) is 0 Å². The molecule has 0 radical (unpaired) electrons. The molecular weight excluding hydrogens is 358 g/mol. The van der Waals surface area contributed by atoms with Gasteiger partial charge in [0.2, 0.25) is 0 Å². The topological polar surface area (TPSA) is 15.8 Å². The number of nitrogens with one attached hydrogen (secondary N) is 1. The van der Waals surface area contributed by atoms with E-state index in [4.69, 9.17) is 0 Å². The van der Waals surface area contributed by atoms with Crippen molar-refractivity contribution in [1.82, 2.24) is 4.98 Å². The lowest BCUT2D eigenvalue weighted by molar-refractivity contribution is 1.54. The van der Waals surface area contributed by atoms with Gasteiger partial charge in [-0.05, 0) is 34.7 Å². The fraction of sp³-hybridized carbons (Fsp3) is 0. The normalized spacial score (nSPS) is 11.5. The summed E-state index contributed by atoms with van der Waals surface area (Å²) < 4.78 is 1.14. The lowest BCUT2D eigenvalue weighted by Gasteiger charge is -2.04. The highest BCUT2D eigenvalue weighted by atomic mass is 79.9. The molecule has 0 unspecified atom stereocenters. The molecule has 0 aliphatic rings. The molecule has 24 heavy (non-hydrogen) atoms. The number of rotatable bonds is 1. The van der Waals surface area contributed by atoms with Gasteiger partial charge in [-0.3, -0.25) is 0 Å². The lowest BCUT2D eigenvalue weighted by Crippen LogP contribution is -1.78. The van der Waals surface area contributed by atoms with Gasteiger partial charge < -0.3 is 4.98 Å². The number of fused-ring (bicyclic) bond motifs is 5. The number of benzene rings is 4. The summed E-state index contributed by atoms with van der Waals surface area (Å²) >= 11 is 3.73. The molecule has 5 aromatic rings. The molecule has 2 heteroatoms. The van der Waals surface area contributed by atoms with Crippen molar-refractivity contribution in [2.24, 2.45) is 0 Å². The molecule has 0 aliphatic heterocycles.